The summed E-state index contributed by atoms with van der Waals surface area (Å²) in [6.45, 7) is 2.46. The minimum absolute atomic E-state index is 0.278. The molecule has 0 aliphatic rings. The van der Waals surface area contributed by atoms with Gasteiger partial charge in [0, 0.05) is 12.1 Å². The molecule has 0 fully saturated rings. The second-order valence-corrected chi connectivity index (χ2v) is 4.70. The van der Waals surface area contributed by atoms with Crippen LogP contribution in [0.1, 0.15) is 38.2 Å². The summed E-state index contributed by atoms with van der Waals surface area (Å²) in [6.07, 6.45) is 3.05. The number of anilines is 1. The Morgan fingerprint density at radius 3 is 2.52 bits per heavy atom. The van der Waals surface area contributed by atoms with Gasteiger partial charge in [-0.3, -0.25) is 15.3 Å². The van der Waals surface area contributed by atoms with Gasteiger partial charge < -0.3 is 4.74 Å². The minimum atomic E-state index is -0.448. The number of nitrogens with one attached hydrogen (secondary N) is 2. The number of amides is 2. The van der Waals surface area contributed by atoms with Crippen LogP contribution in [0, 0.1) is 0 Å². The number of rotatable bonds is 8. The molecule has 0 aromatic heterocycles. The molecule has 0 radical (unpaired) electrons. The van der Waals surface area contributed by atoms with E-state index < -0.39 is 6.09 Å². The van der Waals surface area contributed by atoms with Crippen LogP contribution in [0.2, 0.25) is 0 Å². The van der Waals surface area contributed by atoms with Crippen LogP contribution in [0.15, 0.2) is 24.3 Å². The summed E-state index contributed by atoms with van der Waals surface area (Å²) in [7, 11) is 0. The maximum absolute atomic E-state index is 11.5. The van der Waals surface area contributed by atoms with Gasteiger partial charge in [0.25, 0.3) is 0 Å². The van der Waals surface area contributed by atoms with Crippen LogP contribution in [-0.2, 0) is 16.0 Å². The van der Waals surface area contributed by atoms with Gasteiger partial charge in [0.15, 0.2) is 0 Å². The third kappa shape index (κ3) is 7.31. The van der Waals surface area contributed by atoms with E-state index in [1.807, 2.05) is 19.1 Å². The first-order valence-corrected chi connectivity index (χ1v) is 7.11. The second kappa shape index (κ2) is 9.77. The maximum atomic E-state index is 11.5. The Labute approximate surface area is 124 Å². The molecule has 1 rings (SSSR count). The number of unbranched alkanes of at least 4 members (excludes halogenated alkanes) is 1. The fourth-order valence-corrected chi connectivity index (χ4v) is 1.73. The van der Waals surface area contributed by atoms with Crippen molar-refractivity contribution in [1.82, 2.24) is 5.48 Å². The lowest BCUT2D eigenvalue weighted by molar-refractivity contribution is -0.129. The number of ether oxygens (including phenoxy) is 1. The van der Waals surface area contributed by atoms with Crippen LogP contribution in [-0.4, -0.2) is 23.8 Å². The monoisotopic (exact) mass is 294 g/mol. The molecule has 3 N–H and O–H groups in total. The average molecular weight is 294 g/mol. The van der Waals surface area contributed by atoms with Gasteiger partial charge in [-0.05, 0) is 37.0 Å². The average Bonchev–Trinajstić information content (AvgIpc) is 2.49. The lowest BCUT2D eigenvalue weighted by Crippen LogP contribution is -2.18. The second-order valence-electron chi connectivity index (χ2n) is 4.70. The first-order chi connectivity index (χ1) is 10.2. The van der Waals surface area contributed by atoms with Gasteiger partial charge in [-0.15, -0.1) is 0 Å². The van der Waals surface area contributed by atoms with E-state index in [9.17, 15) is 9.59 Å². The molecule has 0 heterocycles. The predicted octanol–water partition coefficient (Wildman–Crippen LogP) is 2.86. The van der Waals surface area contributed by atoms with Gasteiger partial charge in [0.05, 0.1) is 6.61 Å². The fourth-order valence-electron chi connectivity index (χ4n) is 1.73. The first kappa shape index (κ1) is 17.0. The van der Waals surface area contributed by atoms with E-state index in [0.717, 1.165) is 24.8 Å². The molecular formula is C15H22N2O4. The van der Waals surface area contributed by atoms with Crippen LogP contribution in [0.4, 0.5) is 10.5 Å². The largest absolute Gasteiger partial charge is 0.449 e. The van der Waals surface area contributed by atoms with Gasteiger partial charge in [0.1, 0.15) is 0 Å². The Morgan fingerprint density at radius 1 is 1.19 bits per heavy atom. The van der Waals surface area contributed by atoms with E-state index in [4.69, 9.17) is 9.94 Å². The van der Waals surface area contributed by atoms with Crippen LogP contribution in [0.5, 0.6) is 0 Å². The molecule has 0 saturated carbocycles. The van der Waals surface area contributed by atoms with Gasteiger partial charge in [0.2, 0.25) is 5.91 Å². The highest BCUT2D eigenvalue weighted by atomic mass is 16.5. The number of carbonyl (C=O) groups is 2. The minimum Gasteiger partial charge on any atom is -0.449 e. The Hall–Kier alpha value is -2.08. The zero-order chi connectivity index (χ0) is 15.5. The van der Waals surface area contributed by atoms with Gasteiger partial charge in [-0.25, -0.2) is 10.3 Å². The molecule has 116 valence electrons. The number of aryl methyl sites for hydroxylation is 1. The van der Waals surface area contributed by atoms with Crippen molar-refractivity contribution in [3.05, 3.63) is 29.8 Å². The predicted molar refractivity (Wildman–Crippen MR) is 79.2 cm³/mol. The van der Waals surface area contributed by atoms with E-state index in [2.05, 4.69) is 5.32 Å². The van der Waals surface area contributed by atoms with Crippen molar-refractivity contribution in [3.8, 4) is 0 Å². The number of carbonyl (C=O) groups excluding carboxylic acids is 2. The summed E-state index contributed by atoms with van der Waals surface area (Å²) >= 11 is 0. The lowest BCUT2D eigenvalue weighted by atomic mass is 10.1. The standard InChI is InChI=1S/C15H22N2O4/c1-2-3-11-21-15(19)16-13-9-7-12(8-10-13)5-4-6-14(18)17-20/h7-10,20H,2-6,11H2,1H3,(H,16,19)(H,17,18). The lowest BCUT2D eigenvalue weighted by Gasteiger charge is -2.07. The molecule has 0 unspecified atom stereocenters. The van der Waals surface area contributed by atoms with E-state index in [1.165, 1.54) is 0 Å². The molecule has 1 aromatic rings. The van der Waals surface area contributed by atoms with Crippen molar-refractivity contribution < 1.29 is 19.5 Å². The third-order valence-electron chi connectivity index (χ3n) is 2.93. The first-order valence-electron chi connectivity index (χ1n) is 7.11. The van der Waals surface area contributed by atoms with Crippen LogP contribution in [0.25, 0.3) is 0 Å². The summed E-state index contributed by atoms with van der Waals surface area (Å²) in [6, 6.07) is 7.36. The SMILES string of the molecule is CCCCOC(=O)Nc1ccc(CCCC(=O)NO)cc1. The van der Waals surface area contributed by atoms with Crippen molar-refractivity contribution >= 4 is 17.7 Å². The molecule has 0 spiro atoms. The van der Waals surface area contributed by atoms with Gasteiger partial charge >= 0.3 is 6.09 Å². The molecule has 21 heavy (non-hydrogen) atoms. The molecule has 0 bridgehead atoms. The highest BCUT2D eigenvalue weighted by molar-refractivity contribution is 5.84. The van der Waals surface area contributed by atoms with Crippen LogP contribution in [0.3, 0.4) is 0 Å². The Morgan fingerprint density at radius 2 is 1.90 bits per heavy atom. The topological polar surface area (TPSA) is 87.7 Å². The van der Waals surface area contributed by atoms with Gasteiger partial charge in [-0.2, -0.15) is 0 Å². The molecule has 6 nitrogen and oxygen atoms in total. The van der Waals surface area contributed by atoms with Gasteiger partial charge in [-0.1, -0.05) is 25.5 Å². The molecule has 0 aliphatic carbocycles. The summed E-state index contributed by atoms with van der Waals surface area (Å²) in [4.78, 5) is 22.3. The van der Waals surface area contributed by atoms with Crippen molar-refractivity contribution in [2.75, 3.05) is 11.9 Å². The summed E-state index contributed by atoms with van der Waals surface area (Å²) in [5.74, 6) is -0.386. The number of hydrogen-bond donors (Lipinski definition) is 3. The molecule has 0 saturated heterocycles. The molecule has 0 aliphatic heterocycles. The molecular weight excluding hydrogens is 272 g/mol. The van der Waals surface area contributed by atoms with Crippen molar-refractivity contribution in [1.29, 1.82) is 0 Å². The van der Waals surface area contributed by atoms with E-state index in [0.29, 0.717) is 18.7 Å². The highest BCUT2D eigenvalue weighted by Crippen LogP contribution is 2.12. The maximum Gasteiger partial charge on any atom is 0.411 e. The van der Waals surface area contributed by atoms with Crippen LogP contribution < -0.4 is 10.8 Å². The molecule has 6 heteroatoms. The third-order valence-corrected chi connectivity index (χ3v) is 2.93. The number of hydrogen-bond acceptors (Lipinski definition) is 4. The van der Waals surface area contributed by atoms with E-state index >= 15 is 0 Å². The summed E-state index contributed by atoms with van der Waals surface area (Å²) in [5.41, 5.74) is 3.34. The van der Waals surface area contributed by atoms with Crippen LogP contribution >= 0.6 is 0 Å². The molecule has 0 atom stereocenters. The van der Waals surface area contributed by atoms with Crippen molar-refractivity contribution in [2.24, 2.45) is 0 Å². The Balaban J connectivity index is 2.32. The fraction of sp³-hybridized carbons (Fsp3) is 0.467. The van der Waals surface area contributed by atoms with Crippen molar-refractivity contribution in [3.63, 3.8) is 0 Å². The van der Waals surface area contributed by atoms with E-state index in [-0.39, 0.29) is 12.3 Å². The normalized spacial score (nSPS) is 10.0. The van der Waals surface area contributed by atoms with E-state index in [1.54, 1.807) is 17.6 Å². The quantitative estimate of drug-likeness (QED) is 0.391. The Kier molecular flexibility index (Phi) is 7.89. The zero-order valence-electron chi connectivity index (χ0n) is 12.2. The summed E-state index contributed by atoms with van der Waals surface area (Å²) < 4.78 is 5.00. The highest BCUT2D eigenvalue weighted by Gasteiger charge is 2.03. The molecule has 1 aromatic carbocycles. The smallest absolute Gasteiger partial charge is 0.411 e. The zero-order valence-corrected chi connectivity index (χ0v) is 12.2. The number of hydroxylamine groups is 1. The summed E-state index contributed by atoms with van der Waals surface area (Å²) in [5, 5.41) is 11.0. The van der Waals surface area contributed by atoms with Crippen molar-refractivity contribution in [2.45, 2.75) is 39.0 Å². The molecule has 2 amide bonds. The Bertz CT molecular complexity index is 445. The number of benzene rings is 1.